The summed E-state index contributed by atoms with van der Waals surface area (Å²) >= 11 is 0. The van der Waals surface area contributed by atoms with E-state index in [1.807, 2.05) is 13.8 Å². The number of hydrogen-bond donors (Lipinski definition) is 1. The van der Waals surface area contributed by atoms with Crippen LogP contribution in [0, 0.1) is 0 Å². The van der Waals surface area contributed by atoms with Crippen molar-refractivity contribution < 1.29 is 9.63 Å². The van der Waals surface area contributed by atoms with Crippen LogP contribution in [0.4, 0.5) is 0 Å². The van der Waals surface area contributed by atoms with Gasteiger partial charge >= 0.3 is 0 Å². The smallest absolute Gasteiger partial charge is 0.260 e. The lowest BCUT2D eigenvalue weighted by Gasteiger charge is -2.04. The van der Waals surface area contributed by atoms with Gasteiger partial charge in [0, 0.05) is 6.54 Å². The zero-order valence-electron chi connectivity index (χ0n) is 10.7. The van der Waals surface area contributed by atoms with Gasteiger partial charge in [-0.05, 0) is 19.3 Å². The molecule has 0 radical (unpaired) electrons. The molecule has 0 saturated heterocycles. The lowest BCUT2D eigenvalue weighted by molar-refractivity contribution is -0.125. The van der Waals surface area contributed by atoms with E-state index in [9.17, 15) is 4.79 Å². The zero-order valence-corrected chi connectivity index (χ0v) is 10.7. The lowest BCUT2D eigenvalue weighted by atomic mass is 10.2. The first kappa shape index (κ1) is 14.9. The highest BCUT2D eigenvalue weighted by atomic mass is 16.6. The summed E-state index contributed by atoms with van der Waals surface area (Å²) in [4.78, 5) is 16.2. The van der Waals surface area contributed by atoms with Gasteiger partial charge in [0.15, 0.2) is 6.61 Å². The average Bonchev–Trinajstić information content (AvgIpc) is 2.30. The first-order chi connectivity index (χ1) is 7.74. The number of oxime groups is 1. The first-order valence-electron chi connectivity index (χ1n) is 6.18. The quantitative estimate of drug-likeness (QED) is 0.374. The predicted octanol–water partition coefficient (Wildman–Crippen LogP) is 2.49. The molecule has 0 fully saturated rings. The first-order valence-corrected chi connectivity index (χ1v) is 6.18. The second kappa shape index (κ2) is 10.5. The molecule has 94 valence electrons. The number of amides is 1. The summed E-state index contributed by atoms with van der Waals surface area (Å²) < 4.78 is 0. The fourth-order valence-corrected chi connectivity index (χ4v) is 1.22. The molecule has 0 heterocycles. The van der Waals surface area contributed by atoms with Crippen LogP contribution in [-0.4, -0.2) is 24.8 Å². The molecular formula is C12H24N2O2. The van der Waals surface area contributed by atoms with E-state index in [1.54, 1.807) is 0 Å². The van der Waals surface area contributed by atoms with E-state index in [-0.39, 0.29) is 12.5 Å². The van der Waals surface area contributed by atoms with Crippen LogP contribution in [0.1, 0.15) is 52.9 Å². The molecule has 0 aromatic carbocycles. The van der Waals surface area contributed by atoms with Crippen LogP contribution in [0.15, 0.2) is 5.16 Å². The lowest BCUT2D eigenvalue weighted by Crippen LogP contribution is -2.27. The van der Waals surface area contributed by atoms with Crippen molar-refractivity contribution in [1.29, 1.82) is 0 Å². The fourth-order valence-electron chi connectivity index (χ4n) is 1.22. The Morgan fingerprint density at radius 3 is 2.44 bits per heavy atom. The van der Waals surface area contributed by atoms with Crippen molar-refractivity contribution in [2.45, 2.75) is 52.9 Å². The Morgan fingerprint density at radius 2 is 1.88 bits per heavy atom. The van der Waals surface area contributed by atoms with E-state index in [2.05, 4.69) is 17.4 Å². The molecule has 1 amide bonds. The monoisotopic (exact) mass is 228 g/mol. The molecule has 4 nitrogen and oxygen atoms in total. The fraction of sp³-hybridized carbons (Fsp3) is 0.833. The molecule has 1 N–H and O–H groups in total. The second-order valence-corrected chi connectivity index (χ2v) is 3.70. The van der Waals surface area contributed by atoms with Crippen molar-refractivity contribution in [2.24, 2.45) is 5.16 Å². The SMILES string of the molecule is CCCCCNC(=O)CON=C(CC)CC. The largest absolute Gasteiger partial charge is 0.386 e. The molecule has 0 rings (SSSR count). The molecule has 0 saturated carbocycles. The molecule has 16 heavy (non-hydrogen) atoms. The summed E-state index contributed by atoms with van der Waals surface area (Å²) in [6, 6.07) is 0. The minimum Gasteiger partial charge on any atom is -0.386 e. The number of carbonyl (C=O) groups excluding carboxylic acids is 1. The molecule has 0 bridgehead atoms. The Morgan fingerprint density at radius 1 is 1.19 bits per heavy atom. The number of nitrogens with zero attached hydrogens (tertiary/aromatic N) is 1. The topological polar surface area (TPSA) is 50.7 Å². The average molecular weight is 228 g/mol. The van der Waals surface area contributed by atoms with Crippen molar-refractivity contribution in [3.63, 3.8) is 0 Å². The maximum Gasteiger partial charge on any atom is 0.260 e. The van der Waals surface area contributed by atoms with Gasteiger partial charge < -0.3 is 10.2 Å². The Balaban J connectivity index is 3.53. The maximum absolute atomic E-state index is 11.3. The number of unbranched alkanes of at least 4 members (excludes halogenated alkanes) is 2. The van der Waals surface area contributed by atoms with Gasteiger partial charge in [-0.3, -0.25) is 4.79 Å². The summed E-state index contributed by atoms with van der Waals surface area (Å²) in [7, 11) is 0. The molecule has 0 aromatic rings. The Bertz CT molecular complexity index is 209. The van der Waals surface area contributed by atoms with E-state index < -0.39 is 0 Å². The van der Waals surface area contributed by atoms with Crippen LogP contribution >= 0.6 is 0 Å². The van der Waals surface area contributed by atoms with Crippen LogP contribution in [0.5, 0.6) is 0 Å². The van der Waals surface area contributed by atoms with Gasteiger partial charge in [0.05, 0.1) is 5.71 Å². The van der Waals surface area contributed by atoms with Gasteiger partial charge in [0.2, 0.25) is 0 Å². The van der Waals surface area contributed by atoms with E-state index in [0.29, 0.717) is 0 Å². The standard InChI is InChI=1S/C12H24N2O2/c1-4-7-8-9-13-12(15)10-16-14-11(5-2)6-3/h4-10H2,1-3H3,(H,13,15). The molecule has 0 aromatic heterocycles. The third-order valence-corrected chi connectivity index (χ3v) is 2.31. The molecule has 0 aliphatic rings. The van der Waals surface area contributed by atoms with Crippen molar-refractivity contribution >= 4 is 11.6 Å². The minimum absolute atomic E-state index is 0.0234. The van der Waals surface area contributed by atoms with E-state index in [1.165, 1.54) is 0 Å². The molecule has 4 heteroatoms. The van der Waals surface area contributed by atoms with E-state index >= 15 is 0 Å². The predicted molar refractivity (Wildman–Crippen MR) is 66.5 cm³/mol. The number of rotatable bonds is 9. The molecular weight excluding hydrogens is 204 g/mol. The van der Waals surface area contributed by atoms with Crippen LogP contribution in [0.3, 0.4) is 0 Å². The highest BCUT2D eigenvalue weighted by Gasteiger charge is 2.00. The molecule has 0 spiro atoms. The second-order valence-electron chi connectivity index (χ2n) is 3.70. The van der Waals surface area contributed by atoms with Crippen molar-refractivity contribution in [1.82, 2.24) is 5.32 Å². The molecule has 0 atom stereocenters. The Hall–Kier alpha value is -1.06. The van der Waals surface area contributed by atoms with Crippen LogP contribution in [-0.2, 0) is 9.63 Å². The van der Waals surface area contributed by atoms with Crippen LogP contribution in [0.25, 0.3) is 0 Å². The Kier molecular flexibility index (Phi) is 9.76. The maximum atomic E-state index is 11.3. The van der Waals surface area contributed by atoms with E-state index in [4.69, 9.17) is 4.84 Å². The van der Waals surface area contributed by atoms with Crippen LogP contribution in [0.2, 0.25) is 0 Å². The summed E-state index contributed by atoms with van der Waals surface area (Å²) in [5, 5.41) is 6.69. The summed E-state index contributed by atoms with van der Waals surface area (Å²) in [6.07, 6.45) is 5.08. The van der Waals surface area contributed by atoms with Crippen LogP contribution < -0.4 is 5.32 Å². The minimum atomic E-state index is -0.0913. The third-order valence-electron chi connectivity index (χ3n) is 2.31. The van der Waals surface area contributed by atoms with Gasteiger partial charge in [-0.1, -0.05) is 38.8 Å². The highest BCUT2D eigenvalue weighted by molar-refractivity contribution is 5.83. The van der Waals surface area contributed by atoms with Gasteiger partial charge in [0.25, 0.3) is 5.91 Å². The summed E-state index contributed by atoms with van der Waals surface area (Å²) in [5.41, 5.74) is 0.985. The molecule has 0 aliphatic heterocycles. The summed E-state index contributed by atoms with van der Waals surface area (Å²) in [6.45, 7) is 6.94. The van der Waals surface area contributed by atoms with Crippen molar-refractivity contribution in [3.8, 4) is 0 Å². The van der Waals surface area contributed by atoms with E-state index in [0.717, 1.165) is 44.4 Å². The summed E-state index contributed by atoms with van der Waals surface area (Å²) in [5.74, 6) is -0.0913. The van der Waals surface area contributed by atoms with Gasteiger partial charge in [-0.25, -0.2) is 0 Å². The number of carbonyl (C=O) groups is 1. The zero-order chi connectivity index (χ0) is 12.2. The third kappa shape index (κ3) is 8.26. The van der Waals surface area contributed by atoms with Crippen molar-refractivity contribution in [3.05, 3.63) is 0 Å². The van der Waals surface area contributed by atoms with Gasteiger partial charge in [-0.2, -0.15) is 0 Å². The molecule has 0 unspecified atom stereocenters. The number of nitrogens with one attached hydrogen (secondary N) is 1. The highest BCUT2D eigenvalue weighted by Crippen LogP contribution is 1.93. The number of hydrogen-bond acceptors (Lipinski definition) is 3. The normalized spacial score (nSPS) is 9.69. The molecule has 0 aliphatic carbocycles. The van der Waals surface area contributed by atoms with Gasteiger partial charge in [-0.15, -0.1) is 0 Å². The van der Waals surface area contributed by atoms with Crippen molar-refractivity contribution in [2.75, 3.05) is 13.2 Å². The van der Waals surface area contributed by atoms with Gasteiger partial charge in [0.1, 0.15) is 0 Å². The Labute approximate surface area is 98.4 Å².